The van der Waals surface area contributed by atoms with Crippen molar-refractivity contribution in [2.75, 3.05) is 6.61 Å². The second kappa shape index (κ2) is 8.75. The summed E-state index contributed by atoms with van der Waals surface area (Å²) in [6.45, 7) is 3.47. The number of hydrogen-bond donors (Lipinski definition) is 1. The van der Waals surface area contributed by atoms with E-state index < -0.39 is 23.4 Å². The Labute approximate surface area is 151 Å². The van der Waals surface area contributed by atoms with Gasteiger partial charge in [-0.05, 0) is 25.0 Å². The second-order valence-electron chi connectivity index (χ2n) is 5.82. The zero-order chi connectivity index (χ0) is 19.1. The molecule has 0 unspecified atom stereocenters. The topological polar surface area (TPSA) is 98.5 Å². The summed E-state index contributed by atoms with van der Waals surface area (Å²) >= 11 is 0. The van der Waals surface area contributed by atoms with Gasteiger partial charge in [-0.3, -0.25) is 14.9 Å². The Morgan fingerprint density at radius 2 is 1.88 bits per heavy atom. The van der Waals surface area contributed by atoms with Crippen LogP contribution in [0.1, 0.15) is 40.9 Å². The molecular weight excluding hydrogens is 336 g/mol. The molecule has 0 fully saturated rings. The van der Waals surface area contributed by atoms with E-state index in [0.29, 0.717) is 6.42 Å². The van der Waals surface area contributed by atoms with E-state index in [9.17, 15) is 19.7 Å². The lowest BCUT2D eigenvalue weighted by atomic mass is 10.0. The summed E-state index contributed by atoms with van der Waals surface area (Å²) in [4.78, 5) is 34.2. The molecule has 1 N–H and O–H groups in total. The first-order valence-corrected chi connectivity index (χ1v) is 8.18. The molecule has 0 bridgehead atoms. The molecule has 0 spiro atoms. The highest BCUT2D eigenvalue weighted by Crippen LogP contribution is 2.17. The molecule has 136 valence electrons. The van der Waals surface area contributed by atoms with E-state index in [4.69, 9.17) is 4.74 Å². The van der Waals surface area contributed by atoms with Gasteiger partial charge < -0.3 is 10.1 Å². The molecule has 0 saturated carbocycles. The molecule has 0 aromatic heterocycles. The Balaban J connectivity index is 1.93. The van der Waals surface area contributed by atoms with Crippen molar-refractivity contribution >= 4 is 17.6 Å². The summed E-state index contributed by atoms with van der Waals surface area (Å²) in [6.07, 6.45) is 0.688. The first-order chi connectivity index (χ1) is 12.4. The number of non-ortho nitro benzene ring substituents is 1. The number of amides is 1. The molecule has 7 heteroatoms. The van der Waals surface area contributed by atoms with Gasteiger partial charge in [0.05, 0.1) is 16.5 Å². The first kappa shape index (κ1) is 19.1. The van der Waals surface area contributed by atoms with E-state index in [1.54, 1.807) is 0 Å². The maximum atomic E-state index is 12.1. The lowest BCUT2D eigenvalue weighted by molar-refractivity contribution is -0.384. The van der Waals surface area contributed by atoms with Gasteiger partial charge in [-0.2, -0.15) is 0 Å². The number of carbonyl (C=O) groups is 2. The number of ether oxygens (including phenoxy) is 1. The summed E-state index contributed by atoms with van der Waals surface area (Å²) < 4.78 is 4.95. The smallest absolute Gasteiger partial charge is 0.338 e. The van der Waals surface area contributed by atoms with Crippen LogP contribution < -0.4 is 5.32 Å². The molecule has 0 aliphatic rings. The van der Waals surface area contributed by atoms with Gasteiger partial charge in [-0.25, -0.2) is 4.79 Å². The van der Waals surface area contributed by atoms with Crippen LogP contribution in [0.25, 0.3) is 0 Å². The second-order valence-corrected chi connectivity index (χ2v) is 5.82. The van der Waals surface area contributed by atoms with E-state index in [1.165, 1.54) is 18.2 Å². The molecule has 2 aromatic rings. The highest BCUT2D eigenvalue weighted by atomic mass is 16.6. The summed E-state index contributed by atoms with van der Waals surface area (Å²) in [7, 11) is 0. The maximum absolute atomic E-state index is 12.1. The molecule has 0 heterocycles. The van der Waals surface area contributed by atoms with Gasteiger partial charge in [-0.15, -0.1) is 0 Å². The van der Waals surface area contributed by atoms with Gasteiger partial charge in [0.2, 0.25) is 0 Å². The van der Waals surface area contributed by atoms with Crippen molar-refractivity contribution in [1.82, 2.24) is 5.32 Å². The summed E-state index contributed by atoms with van der Waals surface area (Å²) in [5.41, 5.74) is 1.91. The number of nitro benzene ring substituents is 1. The SMILES string of the molecule is CC[C@@H](NC(=O)COC(=O)c1cccc([N+](=O)[O-])c1)c1ccc(C)cc1. The Hall–Kier alpha value is -3.22. The van der Waals surface area contributed by atoms with E-state index in [-0.39, 0.29) is 17.3 Å². The number of nitrogens with one attached hydrogen (secondary N) is 1. The van der Waals surface area contributed by atoms with Gasteiger partial charge in [0.1, 0.15) is 0 Å². The molecule has 1 amide bonds. The molecule has 0 aliphatic heterocycles. The zero-order valence-electron chi connectivity index (χ0n) is 14.6. The largest absolute Gasteiger partial charge is 0.452 e. The van der Waals surface area contributed by atoms with Crippen molar-refractivity contribution < 1.29 is 19.2 Å². The fourth-order valence-corrected chi connectivity index (χ4v) is 2.42. The third kappa shape index (κ3) is 5.14. The van der Waals surface area contributed by atoms with Gasteiger partial charge in [0.25, 0.3) is 11.6 Å². The highest BCUT2D eigenvalue weighted by molar-refractivity contribution is 5.92. The van der Waals surface area contributed by atoms with Gasteiger partial charge >= 0.3 is 5.97 Å². The number of benzene rings is 2. The van der Waals surface area contributed by atoms with Crippen molar-refractivity contribution in [3.63, 3.8) is 0 Å². The highest BCUT2D eigenvalue weighted by Gasteiger charge is 2.16. The van der Waals surface area contributed by atoms with E-state index in [0.717, 1.165) is 17.2 Å². The molecule has 26 heavy (non-hydrogen) atoms. The van der Waals surface area contributed by atoms with Crippen LogP contribution in [0.3, 0.4) is 0 Å². The van der Waals surface area contributed by atoms with Crippen molar-refractivity contribution in [3.8, 4) is 0 Å². The van der Waals surface area contributed by atoms with Crippen LogP contribution in [-0.2, 0) is 9.53 Å². The number of aryl methyl sites for hydroxylation is 1. The van der Waals surface area contributed by atoms with E-state index in [1.807, 2.05) is 38.1 Å². The maximum Gasteiger partial charge on any atom is 0.338 e. The quantitative estimate of drug-likeness (QED) is 0.466. The number of carbonyl (C=O) groups excluding carboxylic acids is 2. The van der Waals surface area contributed by atoms with Crippen LogP contribution in [0.4, 0.5) is 5.69 Å². The number of nitro groups is 1. The number of hydrogen-bond acceptors (Lipinski definition) is 5. The molecule has 2 rings (SSSR count). The molecule has 1 atom stereocenters. The third-order valence-electron chi connectivity index (χ3n) is 3.85. The Morgan fingerprint density at radius 1 is 1.19 bits per heavy atom. The Morgan fingerprint density at radius 3 is 2.50 bits per heavy atom. The lowest BCUT2D eigenvalue weighted by Gasteiger charge is -2.17. The summed E-state index contributed by atoms with van der Waals surface area (Å²) in [5.74, 6) is -1.22. The molecular formula is C19H20N2O5. The van der Waals surface area contributed by atoms with Crippen LogP contribution >= 0.6 is 0 Å². The Bertz CT molecular complexity index is 802. The van der Waals surface area contributed by atoms with Gasteiger partial charge in [0.15, 0.2) is 6.61 Å². The van der Waals surface area contributed by atoms with Gasteiger partial charge in [-0.1, -0.05) is 42.8 Å². The minimum absolute atomic E-state index is 0.0255. The predicted molar refractivity (Wildman–Crippen MR) is 95.7 cm³/mol. The average Bonchev–Trinajstić information content (AvgIpc) is 2.65. The first-order valence-electron chi connectivity index (χ1n) is 8.18. The minimum Gasteiger partial charge on any atom is -0.452 e. The predicted octanol–water partition coefficient (Wildman–Crippen LogP) is 3.33. The van der Waals surface area contributed by atoms with Crippen LogP contribution in [0.5, 0.6) is 0 Å². The van der Waals surface area contributed by atoms with Crippen LogP contribution in [0, 0.1) is 17.0 Å². The van der Waals surface area contributed by atoms with Crippen LogP contribution in [0.15, 0.2) is 48.5 Å². The molecule has 0 saturated heterocycles. The van der Waals surface area contributed by atoms with Crippen molar-refractivity contribution in [1.29, 1.82) is 0 Å². The minimum atomic E-state index is -0.785. The van der Waals surface area contributed by atoms with Gasteiger partial charge in [0, 0.05) is 12.1 Å². The summed E-state index contributed by atoms with van der Waals surface area (Å²) in [6, 6.07) is 12.8. The molecule has 7 nitrogen and oxygen atoms in total. The standard InChI is InChI=1S/C19H20N2O5/c1-3-17(14-9-7-13(2)8-10-14)20-18(22)12-26-19(23)15-5-4-6-16(11-15)21(24)25/h4-11,17H,3,12H2,1-2H3,(H,20,22)/t17-/m1/s1. The van der Waals surface area contributed by atoms with E-state index in [2.05, 4.69) is 5.32 Å². The number of rotatable bonds is 7. The molecule has 0 radical (unpaired) electrons. The summed E-state index contributed by atoms with van der Waals surface area (Å²) in [5, 5.41) is 13.6. The third-order valence-corrected chi connectivity index (χ3v) is 3.85. The zero-order valence-corrected chi connectivity index (χ0v) is 14.6. The van der Waals surface area contributed by atoms with Crippen LogP contribution in [0.2, 0.25) is 0 Å². The number of esters is 1. The fraction of sp³-hybridized carbons (Fsp3) is 0.263. The van der Waals surface area contributed by atoms with E-state index >= 15 is 0 Å². The monoisotopic (exact) mass is 356 g/mol. The van der Waals surface area contributed by atoms with Crippen molar-refractivity contribution in [2.24, 2.45) is 0 Å². The van der Waals surface area contributed by atoms with Crippen molar-refractivity contribution in [3.05, 3.63) is 75.3 Å². The van der Waals surface area contributed by atoms with Crippen molar-refractivity contribution in [2.45, 2.75) is 26.3 Å². The van der Waals surface area contributed by atoms with Crippen LogP contribution in [-0.4, -0.2) is 23.4 Å². The normalized spacial score (nSPS) is 11.5. The molecule has 0 aliphatic carbocycles. The fourth-order valence-electron chi connectivity index (χ4n) is 2.42. The molecule has 2 aromatic carbocycles. The lowest BCUT2D eigenvalue weighted by Crippen LogP contribution is -2.32. The number of nitrogens with zero attached hydrogens (tertiary/aromatic N) is 1. The average molecular weight is 356 g/mol. The Kier molecular flexibility index (Phi) is 6.43.